The molecule has 1 aliphatic rings. The van der Waals surface area contributed by atoms with E-state index in [0.717, 1.165) is 44.2 Å². The molecule has 148 valence electrons. The summed E-state index contributed by atoms with van der Waals surface area (Å²) in [7, 11) is 3.87. The molecule has 0 unspecified atom stereocenters. The second-order valence-corrected chi connectivity index (χ2v) is 6.69. The summed E-state index contributed by atoms with van der Waals surface area (Å²) in [5.74, 6) is 0.666. The third-order valence-electron chi connectivity index (χ3n) is 4.54. The number of piperidine rings is 1. The first-order valence-corrected chi connectivity index (χ1v) is 9.27. The number of halogens is 2. The van der Waals surface area contributed by atoms with E-state index in [0.29, 0.717) is 0 Å². The lowest BCUT2D eigenvalue weighted by Gasteiger charge is -2.26. The van der Waals surface area contributed by atoms with Crippen molar-refractivity contribution in [1.82, 2.24) is 20.4 Å². The number of hydrogen-bond acceptors (Lipinski definition) is 3. The van der Waals surface area contributed by atoms with Gasteiger partial charge in [-0.25, -0.2) is 4.39 Å². The van der Waals surface area contributed by atoms with E-state index in [1.54, 1.807) is 7.05 Å². The largest absolute Gasteiger partial charge is 0.355 e. The molecule has 2 N–H and O–H groups in total. The first-order chi connectivity index (χ1) is 12.2. The fourth-order valence-corrected chi connectivity index (χ4v) is 3.08. The summed E-state index contributed by atoms with van der Waals surface area (Å²) in [6.45, 7) is 6.97. The SMILES string of the molecule is CN=C(NCCN(C)Cc1ccc(F)cc1)NCCN1CCCCC1.I. The Kier molecular flexibility index (Phi) is 11.8. The van der Waals surface area contributed by atoms with Crippen LogP contribution in [-0.4, -0.2) is 69.1 Å². The zero-order valence-electron chi connectivity index (χ0n) is 16.0. The van der Waals surface area contributed by atoms with E-state index in [4.69, 9.17) is 0 Å². The molecule has 0 radical (unpaired) electrons. The van der Waals surface area contributed by atoms with Crippen molar-refractivity contribution < 1.29 is 4.39 Å². The minimum absolute atomic E-state index is 0. The minimum atomic E-state index is -0.188. The molecule has 5 nitrogen and oxygen atoms in total. The highest BCUT2D eigenvalue weighted by Crippen LogP contribution is 2.07. The number of nitrogens with zero attached hydrogens (tertiary/aromatic N) is 3. The second-order valence-electron chi connectivity index (χ2n) is 6.69. The molecule has 0 atom stereocenters. The average molecular weight is 477 g/mol. The molecule has 0 bridgehead atoms. The third-order valence-corrected chi connectivity index (χ3v) is 4.54. The molecule has 1 heterocycles. The van der Waals surface area contributed by atoms with Gasteiger partial charge in [-0.15, -0.1) is 24.0 Å². The number of guanidine groups is 1. The van der Waals surface area contributed by atoms with Crippen molar-refractivity contribution in [3.05, 3.63) is 35.6 Å². The number of likely N-dealkylation sites (N-methyl/N-ethyl adjacent to an activating group) is 1. The van der Waals surface area contributed by atoms with Gasteiger partial charge in [-0.05, 0) is 50.7 Å². The Bertz CT molecular complexity index is 517. The molecule has 1 aromatic rings. The van der Waals surface area contributed by atoms with E-state index in [2.05, 4.69) is 32.5 Å². The summed E-state index contributed by atoms with van der Waals surface area (Å²) in [5.41, 5.74) is 1.12. The summed E-state index contributed by atoms with van der Waals surface area (Å²) in [4.78, 5) is 9.00. The Morgan fingerprint density at radius 1 is 1.12 bits per heavy atom. The molecule has 7 heteroatoms. The van der Waals surface area contributed by atoms with Crippen LogP contribution in [0.2, 0.25) is 0 Å². The van der Waals surface area contributed by atoms with Crippen LogP contribution in [-0.2, 0) is 6.54 Å². The Morgan fingerprint density at radius 2 is 1.77 bits per heavy atom. The predicted molar refractivity (Wildman–Crippen MR) is 118 cm³/mol. The summed E-state index contributed by atoms with van der Waals surface area (Å²) < 4.78 is 12.9. The minimum Gasteiger partial charge on any atom is -0.355 e. The maximum atomic E-state index is 12.9. The predicted octanol–water partition coefficient (Wildman–Crippen LogP) is 2.53. The Labute approximate surface area is 174 Å². The van der Waals surface area contributed by atoms with Gasteiger partial charge in [0.1, 0.15) is 5.82 Å². The van der Waals surface area contributed by atoms with E-state index in [9.17, 15) is 4.39 Å². The van der Waals surface area contributed by atoms with E-state index in [1.807, 2.05) is 12.1 Å². The molecular formula is C19H33FIN5. The Hall–Kier alpha value is -0.930. The first kappa shape index (κ1) is 23.1. The molecule has 0 spiro atoms. The average Bonchev–Trinajstić information content (AvgIpc) is 2.63. The van der Waals surface area contributed by atoms with E-state index < -0.39 is 0 Å². The summed E-state index contributed by atoms with van der Waals surface area (Å²) in [6, 6.07) is 6.69. The second kappa shape index (κ2) is 13.3. The molecule has 0 aliphatic carbocycles. The summed E-state index contributed by atoms with van der Waals surface area (Å²) >= 11 is 0. The molecule has 26 heavy (non-hydrogen) atoms. The summed E-state index contributed by atoms with van der Waals surface area (Å²) in [5, 5.41) is 6.74. The van der Waals surface area contributed by atoms with Crippen LogP contribution in [0.15, 0.2) is 29.3 Å². The first-order valence-electron chi connectivity index (χ1n) is 9.27. The van der Waals surface area contributed by atoms with Crippen molar-refractivity contribution in [2.24, 2.45) is 4.99 Å². The van der Waals surface area contributed by atoms with Gasteiger partial charge in [0, 0.05) is 39.8 Å². The van der Waals surface area contributed by atoms with Crippen molar-refractivity contribution in [2.75, 3.05) is 53.4 Å². The van der Waals surface area contributed by atoms with Crippen LogP contribution in [0.1, 0.15) is 24.8 Å². The fourth-order valence-electron chi connectivity index (χ4n) is 3.08. The quantitative estimate of drug-likeness (QED) is 0.343. The molecule has 1 saturated heterocycles. The zero-order valence-corrected chi connectivity index (χ0v) is 18.3. The number of hydrogen-bond donors (Lipinski definition) is 2. The van der Waals surface area contributed by atoms with E-state index >= 15 is 0 Å². The maximum absolute atomic E-state index is 12.9. The maximum Gasteiger partial charge on any atom is 0.191 e. The number of rotatable bonds is 8. The van der Waals surface area contributed by atoms with Crippen molar-refractivity contribution in [3.63, 3.8) is 0 Å². The Morgan fingerprint density at radius 3 is 2.42 bits per heavy atom. The van der Waals surface area contributed by atoms with Crippen LogP contribution in [0.3, 0.4) is 0 Å². The molecule has 1 fully saturated rings. The van der Waals surface area contributed by atoms with Crippen LogP contribution in [0.25, 0.3) is 0 Å². The van der Waals surface area contributed by atoms with Gasteiger partial charge in [0.25, 0.3) is 0 Å². The lowest BCUT2D eigenvalue weighted by atomic mass is 10.1. The molecule has 1 aliphatic heterocycles. The van der Waals surface area contributed by atoms with Crippen LogP contribution >= 0.6 is 24.0 Å². The molecular weight excluding hydrogens is 444 g/mol. The van der Waals surface area contributed by atoms with Crippen LogP contribution < -0.4 is 10.6 Å². The van der Waals surface area contributed by atoms with E-state index in [1.165, 1.54) is 44.5 Å². The van der Waals surface area contributed by atoms with E-state index in [-0.39, 0.29) is 29.8 Å². The normalized spacial score (nSPS) is 15.6. The highest BCUT2D eigenvalue weighted by molar-refractivity contribution is 14.0. The van der Waals surface area contributed by atoms with Gasteiger partial charge in [-0.3, -0.25) is 4.99 Å². The molecule has 0 amide bonds. The molecule has 0 aromatic heterocycles. The highest BCUT2D eigenvalue weighted by atomic mass is 127. The lowest BCUT2D eigenvalue weighted by Crippen LogP contribution is -2.44. The standard InChI is InChI=1S/C19H32FN5.HI/c1-21-19(23-11-15-25-12-4-3-5-13-25)22-10-14-24(2)16-17-6-8-18(20)9-7-17;/h6-9H,3-5,10-16H2,1-2H3,(H2,21,22,23);1H. The van der Waals surface area contributed by atoms with Crippen LogP contribution in [0.4, 0.5) is 4.39 Å². The number of nitrogens with one attached hydrogen (secondary N) is 2. The molecule has 0 saturated carbocycles. The van der Waals surface area contributed by atoms with Gasteiger partial charge in [0.05, 0.1) is 0 Å². The monoisotopic (exact) mass is 477 g/mol. The van der Waals surface area contributed by atoms with Crippen molar-refractivity contribution in [2.45, 2.75) is 25.8 Å². The smallest absolute Gasteiger partial charge is 0.191 e. The van der Waals surface area contributed by atoms with Gasteiger partial charge in [-0.1, -0.05) is 18.6 Å². The van der Waals surface area contributed by atoms with Gasteiger partial charge in [-0.2, -0.15) is 0 Å². The van der Waals surface area contributed by atoms with Gasteiger partial charge < -0.3 is 20.4 Å². The Balaban J connectivity index is 0.00000338. The zero-order chi connectivity index (χ0) is 17.9. The van der Waals surface area contributed by atoms with Crippen molar-refractivity contribution >= 4 is 29.9 Å². The topological polar surface area (TPSA) is 42.9 Å². The fraction of sp³-hybridized carbons (Fsp3) is 0.632. The third kappa shape index (κ3) is 9.14. The van der Waals surface area contributed by atoms with Crippen LogP contribution in [0, 0.1) is 5.82 Å². The number of benzene rings is 1. The number of likely N-dealkylation sites (tertiary alicyclic amines) is 1. The van der Waals surface area contributed by atoms with Gasteiger partial charge >= 0.3 is 0 Å². The molecule has 1 aromatic carbocycles. The number of aliphatic imine (C=N–C) groups is 1. The van der Waals surface area contributed by atoms with Gasteiger partial charge in [0.15, 0.2) is 5.96 Å². The lowest BCUT2D eigenvalue weighted by molar-refractivity contribution is 0.232. The molecule has 2 rings (SSSR count). The summed E-state index contributed by atoms with van der Waals surface area (Å²) in [6.07, 6.45) is 4.03. The van der Waals surface area contributed by atoms with Gasteiger partial charge in [0.2, 0.25) is 0 Å². The van der Waals surface area contributed by atoms with Crippen molar-refractivity contribution in [3.8, 4) is 0 Å². The highest BCUT2D eigenvalue weighted by Gasteiger charge is 2.09. The van der Waals surface area contributed by atoms with Crippen molar-refractivity contribution in [1.29, 1.82) is 0 Å². The van der Waals surface area contributed by atoms with Crippen LogP contribution in [0.5, 0.6) is 0 Å².